The van der Waals surface area contributed by atoms with E-state index in [0.29, 0.717) is 0 Å². The van der Waals surface area contributed by atoms with Crippen molar-refractivity contribution >= 4 is 8.61 Å². The van der Waals surface area contributed by atoms with Crippen molar-refractivity contribution in [2.24, 2.45) is 5.41 Å². The van der Waals surface area contributed by atoms with Gasteiger partial charge in [0.15, 0.2) is 0 Å². The summed E-state index contributed by atoms with van der Waals surface area (Å²) in [6.45, 7) is 9.98. The highest BCUT2D eigenvalue weighted by molar-refractivity contribution is 7.44. The Labute approximate surface area is 80.8 Å². The van der Waals surface area contributed by atoms with Gasteiger partial charge in [-0.25, -0.2) is 0 Å². The molecule has 1 aliphatic heterocycles. The molecule has 0 radical (unpaired) electrons. The second kappa shape index (κ2) is 3.45. The standard InChI is InChI=1S/C9H17FNOP/c1-7(2)11-6-8(9(3,4)5)12-13(11)10/h6-7H,1-5H3. The van der Waals surface area contributed by atoms with E-state index in [2.05, 4.69) is 0 Å². The Bertz CT molecular complexity index is 222. The summed E-state index contributed by atoms with van der Waals surface area (Å²) in [5.41, 5.74) is -0.101. The molecule has 0 bridgehead atoms. The third kappa shape index (κ3) is 2.34. The fraction of sp³-hybridized carbons (Fsp3) is 0.778. The Morgan fingerprint density at radius 1 is 1.46 bits per heavy atom. The van der Waals surface area contributed by atoms with Crippen molar-refractivity contribution in [1.29, 1.82) is 0 Å². The minimum Gasteiger partial charge on any atom is -0.431 e. The molecule has 0 saturated carbocycles. The summed E-state index contributed by atoms with van der Waals surface area (Å²) in [4.78, 5) is 0. The lowest BCUT2D eigenvalue weighted by Crippen LogP contribution is -2.16. The smallest absolute Gasteiger partial charge is 0.394 e. The Hall–Kier alpha value is -0.300. The predicted molar refractivity (Wildman–Crippen MR) is 53.6 cm³/mol. The van der Waals surface area contributed by atoms with Crippen LogP contribution in [0.15, 0.2) is 12.0 Å². The van der Waals surface area contributed by atoms with Crippen LogP contribution in [0, 0.1) is 5.41 Å². The van der Waals surface area contributed by atoms with Gasteiger partial charge in [0.1, 0.15) is 5.76 Å². The molecule has 1 atom stereocenters. The van der Waals surface area contributed by atoms with Gasteiger partial charge in [0.05, 0.1) is 0 Å². The van der Waals surface area contributed by atoms with Crippen LogP contribution >= 0.6 is 8.61 Å². The number of hydrogen-bond donors (Lipinski definition) is 0. The summed E-state index contributed by atoms with van der Waals surface area (Å²) < 4.78 is 20.2. The fourth-order valence-electron chi connectivity index (χ4n) is 0.979. The summed E-state index contributed by atoms with van der Waals surface area (Å²) in [5, 5.41) is 0. The summed E-state index contributed by atoms with van der Waals surface area (Å²) in [6, 6.07) is 0.163. The Kier molecular flexibility index (Phi) is 2.86. The van der Waals surface area contributed by atoms with Crippen LogP contribution in [0.1, 0.15) is 34.6 Å². The third-order valence-electron chi connectivity index (χ3n) is 1.87. The lowest BCUT2D eigenvalue weighted by molar-refractivity contribution is 0.310. The Morgan fingerprint density at radius 2 is 2.00 bits per heavy atom. The van der Waals surface area contributed by atoms with Crippen LogP contribution < -0.4 is 0 Å². The van der Waals surface area contributed by atoms with Gasteiger partial charge in [-0.1, -0.05) is 20.8 Å². The molecule has 0 aromatic carbocycles. The van der Waals surface area contributed by atoms with Crippen LogP contribution in [0.5, 0.6) is 0 Å². The van der Waals surface area contributed by atoms with Crippen molar-refractivity contribution in [1.82, 2.24) is 4.67 Å². The van der Waals surface area contributed by atoms with E-state index in [4.69, 9.17) is 4.52 Å². The number of nitrogens with zero attached hydrogens (tertiary/aromatic N) is 1. The molecule has 0 aromatic rings. The zero-order valence-electron chi connectivity index (χ0n) is 8.84. The number of rotatable bonds is 1. The summed E-state index contributed by atoms with van der Waals surface area (Å²) in [5.74, 6) is 0.745. The normalized spacial score (nSPS) is 23.5. The predicted octanol–water partition coefficient (Wildman–Crippen LogP) is 3.81. The van der Waals surface area contributed by atoms with Crippen molar-refractivity contribution in [2.75, 3.05) is 0 Å². The van der Waals surface area contributed by atoms with Crippen molar-refractivity contribution in [3.8, 4) is 0 Å². The van der Waals surface area contributed by atoms with Crippen LogP contribution in [-0.4, -0.2) is 10.7 Å². The highest BCUT2D eigenvalue weighted by atomic mass is 31.2. The van der Waals surface area contributed by atoms with Gasteiger partial charge in [0.2, 0.25) is 0 Å². The van der Waals surface area contributed by atoms with E-state index in [0.717, 1.165) is 5.76 Å². The molecule has 0 N–H and O–H groups in total. The van der Waals surface area contributed by atoms with E-state index in [1.54, 1.807) is 10.9 Å². The lowest BCUT2D eigenvalue weighted by atomic mass is 9.94. The molecule has 1 rings (SSSR count). The number of hydrogen-bond acceptors (Lipinski definition) is 2. The first kappa shape index (κ1) is 10.8. The molecule has 76 valence electrons. The van der Waals surface area contributed by atoms with Crippen LogP contribution in [0.3, 0.4) is 0 Å². The second-order valence-electron chi connectivity index (χ2n) is 4.53. The summed E-state index contributed by atoms with van der Waals surface area (Å²) >= 11 is 0. The molecule has 1 aliphatic rings. The molecule has 1 unspecified atom stereocenters. The van der Waals surface area contributed by atoms with Gasteiger partial charge in [-0.2, -0.15) is 4.20 Å². The Balaban J connectivity index is 2.78. The molecule has 0 saturated heterocycles. The van der Waals surface area contributed by atoms with E-state index in [1.165, 1.54) is 0 Å². The molecule has 0 amide bonds. The molecule has 2 nitrogen and oxygen atoms in total. The van der Waals surface area contributed by atoms with Crippen molar-refractivity contribution < 1.29 is 8.72 Å². The SMILES string of the molecule is CC(C)N1C=C(C(C)(C)C)OP1F. The lowest BCUT2D eigenvalue weighted by Gasteiger charge is -2.19. The maximum absolute atomic E-state index is 13.3. The maximum atomic E-state index is 13.3. The quantitative estimate of drug-likeness (QED) is 0.603. The van der Waals surface area contributed by atoms with Gasteiger partial charge in [-0.05, 0) is 13.8 Å². The van der Waals surface area contributed by atoms with Crippen LogP contribution in [0.4, 0.5) is 4.20 Å². The first-order valence-corrected chi connectivity index (χ1v) is 5.57. The largest absolute Gasteiger partial charge is 0.431 e. The van der Waals surface area contributed by atoms with E-state index >= 15 is 0 Å². The van der Waals surface area contributed by atoms with E-state index < -0.39 is 8.61 Å². The number of allylic oxidation sites excluding steroid dienone is 1. The second-order valence-corrected chi connectivity index (χ2v) is 5.63. The van der Waals surface area contributed by atoms with Gasteiger partial charge in [0.25, 0.3) is 0 Å². The molecule has 1 heterocycles. The average molecular weight is 205 g/mol. The number of halogens is 1. The first-order chi connectivity index (χ1) is 5.82. The van der Waals surface area contributed by atoms with Crippen molar-refractivity contribution in [3.05, 3.63) is 12.0 Å². The van der Waals surface area contributed by atoms with Gasteiger partial charge in [-0.3, -0.25) is 4.67 Å². The molecular formula is C9H17FNOP. The van der Waals surface area contributed by atoms with Crippen molar-refractivity contribution in [2.45, 2.75) is 40.7 Å². The molecule has 0 fully saturated rings. The molecule has 0 aromatic heterocycles. The summed E-state index contributed by atoms with van der Waals surface area (Å²) in [6.07, 6.45) is 1.80. The molecule has 0 aliphatic carbocycles. The van der Waals surface area contributed by atoms with Crippen molar-refractivity contribution in [3.63, 3.8) is 0 Å². The van der Waals surface area contributed by atoms with E-state index in [-0.39, 0.29) is 11.5 Å². The maximum Gasteiger partial charge on any atom is 0.394 e. The summed E-state index contributed by atoms with van der Waals surface area (Å²) in [7, 11) is -1.93. The van der Waals surface area contributed by atoms with Crippen LogP contribution in [-0.2, 0) is 4.52 Å². The minimum atomic E-state index is -1.93. The minimum absolute atomic E-state index is 0.101. The van der Waals surface area contributed by atoms with Gasteiger partial charge >= 0.3 is 8.61 Å². The average Bonchev–Trinajstić information content (AvgIpc) is 2.29. The highest BCUT2D eigenvalue weighted by Gasteiger charge is 2.34. The topological polar surface area (TPSA) is 12.5 Å². The highest BCUT2D eigenvalue weighted by Crippen LogP contribution is 2.55. The zero-order valence-corrected chi connectivity index (χ0v) is 9.73. The molecule has 13 heavy (non-hydrogen) atoms. The third-order valence-corrected chi connectivity index (χ3v) is 3.16. The fourth-order valence-corrected chi connectivity index (χ4v) is 2.11. The van der Waals surface area contributed by atoms with Gasteiger partial charge in [0, 0.05) is 17.7 Å². The molecule has 0 spiro atoms. The van der Waals surface area contributed by atoms with Gasteiger partial charge in [-0.15, -0.1) is 0 Å². The van der Waals surface area contributed by atoms with E-state index in [1.807, 2.05) is 34.6 Å². The van der Waals surface area contributed by atoms with E-state index in [9.17, 15) is 4.20 Å². The zero-order chi connectivity index (χ0) is 10.2. The Morgan fingerprint density at radius 3 is 2.23 bits per heavy atom. The van der Waals surface area contributed by atoms with Gasteiger partial charge < -0.3 is 4.52 Å². The molecular weight excluding hydrogens is 188 g/mol. The van der Waals surface area contributed by atoms with Crippen LogP contribution in [0.25, 0.3) is 0 Å². The van der Waals surface area contributed by atoms with Crippen LogP contribution in [0.2, 0.25) is 0 Å². The molecule has 4 heteroatoms. The monoisotopic (exact) mass is 205 g/mol. The first-order valence-electron chi connectivity index (χ1n) is 4.47.